The van der Waals surface area contributed by atoms with Crippen LogP contribution in [0.4, 0.5) is 10.3 Å². The zero-order chi connectivity index (χ0) is 16.4. The van der Waals surface area contributed by atoms with E-state index in [2.05, 4.69) is 20.6 Å². The standard InChI is InChI=1S/C16H16N4O2S2/c21-14(20-16-18-11-5-1-2-6-13(11)24-16)12-9-23-15(19-12)17-8-10-4-3-7-22-10/h1-2,5-6,9-10H,3-4,7-8H2,(H,17,19)(H,18,20,21)/t10-/m1/s1. The number of rotatable bonds is 5. The number of nitrogens with one attached hydrogen (secondary N) is 2. The second-order valence-corrected chi connectivity index (χ2v) is 7.38. The van der Waals surface area contributed by atoms with Gasteiger partial charge in [-0.25, -0.2) is 9.97 Å². The van der Waals surface area contributed by atoms with Gasteiger partial charge in [0.05, 0.1) is 16.3 Å². The van der Waals surface area contributed by atoms with Crippen molar-refractivity contribution in [3.05, 3.63) is 35.3 Å². The van der Waals surface area contributed by atoms with Crippen LogP contribution in [0.3, 0.4) is 0 Å². The van der Waals surface area contributed by atoms with Crippen molar-refractivity contribution < 1.29 is 9.53 Å². The minimum Gasteiger partial charge on any atom is -0.376 e. The monoisotopic (exact) mass is 360 g/mol. The molecule has 1 fully saturated rings. The van der Waals surface area contributed by atoms with E-state index in [0.717, 1.165) is 41.3 Å². The van der Waals surface area contributed by atoms with Gasteiger partial charge in [-0.15, -0.1) is 11.3 Å². The lowest BCUT2D eigenvalue weighted by atomic mass is 10.2. The molecule has 124 valence electrons. The van der Waals surface area contributed by atoms with E-state index in [1.807, 2.05) is 24.3 Å². The maximum atomic E-state index is 12.3. The van der Waals surface area contributed by atoms with Crippen LogP contribution >= 0.6 is 22.7 Å². The molecule has 0 bridgehead atoms. The van der Waals surface area contributed by atoms with E-state index in [0.29, 0.717) is 10.8 Å². The normalized spacial score (nSPS) is 17.2. The molecule has 1 aliphatic rings. The van der Waals surface area contributed by atoms with E-state index < -0.39 is 0 Å². The summed E-state index contributed by atoms with van der Waals surface area (Å²) in [5, 5.41) is 9.13. The zero-order valence-corrected chi connectivity index (χ0v) is 14.5. The highest BCUT2D eigenvalue weighted by molar-refractivity contribution is 7.22. The van der Waals surface area contributed by atoms with E-state index in [4.69, 9.17) is 4.74 Å². The molecule has 1 aliphatic heterocycles. The minimum absolute atomic E-state index is 0.240. The molecule has 0 spiro atoms. The van der Waals surface area contributed by atoms with Crippen LogP contribution in [0.25, 0.3) is 10.2 Å². The van der Waals surface area contributed by atoms with E-state index in [1.165, 1.54) is 22.7 Å². The number of anilines is 2. The Kier molecular flexibility index (Phi) is 4.42. The Morgan fingerprint density at radius 3 is 3.04 bits per heavy atom. The molecule has 1 saturated heterocycles. The lowest BCUT2D eigenvalue weighted by Crippen LogP contribution is -2.18. The predicted molar refractivity (Wildman–Crippen MR) is 97.2 cm³/mol. The number of amides is 1. The van der Waals surface area contributed by atoms with Crippen molar-refractivity contribution in [2.75, 3.05) is 23.8 Å². The molecular formula is C16H16N4O2S2. The first-order valence-corrected chi connectivity index (χ1v) is 9.45. The molecule has 6 nitrogen and oxygen atoms in total. The fraction of sp³-hybridized carbons (Fsp3) is 0.312. The van der Waals surface area contributed by atoms with Crippen LogP contribution in [-0.4, -0.2) is 35.1 Å². The van der Waals surface area contributed by atoms with Crippen LogP contribution in [0.5, 0.6) is 0 Å². The van der Waals surface area contributed by atoms with Gasteiger partial charge in [0.2, 0.25) is 0 Å². The summed E-state index contributed by atoms with van der Waals surface area (Å²) in [4.78, 5) is 21.1. The summed E-state index contributed by atoms with van der Waals surface area (Å²) >= 11 is 2.88. The maximum Gasteiger partial charge on any atom is 0.276 e. The van der Waals surface area contributed by atoms with Gasteiger partial charge in [-0.1, -0.05) is 23.5 Å². The number of fused-ring (bicyclic) bond motifs is 1. The third-order valence-electron chi connectivity index (χ3n) is 3.76. The smallest absolute Gasteiger partial charge is 0.276 e. The highest BCUT2D eigenvalue weighted by Crippen LogP contribution is 2.26. The Hall–Kier alpha value is -2.03. The third kappa shape index (κ3) is 3.40. The van der Waals surface area contributed by atoms with Crippen LogP contribution in [0.1, 0.15) is 23.3 Å². The molecule has 4 rings (SSSR count). The molecule has 1 amide bonds. The molecule has 8 heteroatoms. The number of para-hydroxylation sites is 1. The number of aromatic nitrogens is 2. The Balaban J connectivity index is 1.39. The van der Waals surface area contributed by atoms with Crippen LogP contribution in [-0.2, 0) is 4.74 Å². The fourth-order valence-corrected chi connectivity index (χ4v) is 4.11. The van der Waals surface area contributed by atoms with E-state index in [-0.39, 0.29) is 12.0 Å². The summed E-state index contributed by atoms with van der Waals surface area (Å²) in [6.45, 7) is 1.56. The lowest BCUT2D eigenvalue weighted by Gasteiger charge is -2.08. The van der Waals surface area contributed by atoms with E-state index in [9.17, 15) is 4.79 Å². The largest absolute Gasteiger partial charge is 0.376 e. The second kappa shape index (κ2) is 6.84. The molecule has 2 aromatic heterocycles. The number of ether oxygens (including phenoxy) is 1. The molecule has 1 atom stereocenters. The molecule has 3 aromatic rings. The van der Waals surface area contributed by atoms with Crippen molar-refractivity contribution in [2.24, 2.45) is 0 Å². The average Bonchev–Trinajstić information content (AvgIpc) is 3.32. The van der Waals surface area contributed by atoms with Crippen LogP contribution in [0.2, 0.25) is 0 Å². The number of nitrogens with zero attached hydrogens (tertiary/aromatic N) is 2. The topological polar surface area (TPSA) is 76.1 Å². The van der Waals surface area contributed by atoms with Gasteiger partial charge in [-0.05, 0) is 25.0 Å². The first-order valence-electron chi connectivity index (χ1n) is 7.76. The molecule has 1 aromatic carbocycles. The summed E-state index contributed by atoms with van der Waals surface area (Å²) < 4.78 is 6.61. The molecule has 0 saturated carbocycles. The van der Waals surface area contributed by atoms with Gasteiger partial charge >= 0.3 is 0 Å². The molecule has 0 unspecified atom stereocenters. The first kappa shape index (κ1) is 15.5. The van der Waals surface area contributed by atoms with E-state index >= 15 is 0 Å². The zero-order valence-electron chi connectivity index (χ0n) is 12.8. The average molecular weight is 360 g/mol. The quantitative estimate of drug-likeness (QED) is 0.727. The third-order valence-corrected chi connectivity index (χ3v) is 5.51. The Morgan fingerprint density at radius 2 is 2.21 bits per heavy atom. The number of carbonyl (C=O) groups excluding carboxylic acids is 1. The van der Waals surface area contributed by atoms with E-state index in [1.54, 1.807) is 5.38 Å². The van der Waals surface area contributed by atoms with Crippen LogP contribution in [0, 0.1) is 0 Å². The molecule has 3 heterocycles. The SMILES string of the molecule is O=C(Nc1nc2ccccc2s1)c1csc(NC[C@H]2CCCO2)n1. The Bertz CT molecular complexity index is 822. The summed E-state index contributed by atoms with van der Waals surface area (Å²) in [6, 6.07) is 7.80. The lowest BCUT2D eigenvalue weighted by molar-refractivity contribution is 0.102. The summed E-state index contributed by atoms with van der Waals surface area (Å²) in [5.74, 6) is -0.240. The molecule has 24 heavy (non-hydrogen) atoms. The maximum absolute atomic E-state index is 12.3. The number of hydrogen-bond donors (Lipinski definition) is 2. The van der Waals surface area contributed by atoms with Gasteiger partial charge in [-0.3, -0.25) is 10.1 Å². The van der Waals surface area contributed by atoms with Gasteiger partial charge in [0.1, 0.15) is 5.69 Å². The number of hydrogen-bond acceptors (Lipinski definition) is 7. The van der Waals surface area contributed by atoms with Crippen molar-refractivity contribution in [1.29, 1.82) is 0 Å². The fourth-order valence-electron chi connectivity index (χ4n) is 2.55. The van der Waals surface area contributed by atoms with Crippen molar-refractivity contribution >= 4 is 49.1 Å². The molecule has 0 radical (unpaired) electrons. The second-order valence-electron chi connectivity index (χ2n) is 5.49. The first-order chi connectivity index (χ1) is 11.8. The van der Waals surface area contributed by atoms with Gasteiger partial charge in [-0.2, -0.15) is 0 Å². The van der Waals surface area contributed by atoms with Crippen LogP contribution < -0.4 is 10.6 Å². The van der Waals surface area contributed by atoms with Crippen molar-refractivity contribution in [2.45, 2.75) is 18.9 Å². The summed E-state index contributed by atoms with van der Waals surface area (Å²) in [6.07, 6.45) is 2.43. The van der Waals surface area contributed by atoms with Gasteiger partial charge in [0.25, 0.3) is 5.91 Å². The van der Waals surface area contributed by atoms with Gasteiger partial charge < -0.3 is 10.1 Å². The molecule has 0 aliphatic carbocycles. The van der Waals surface area contributed by atoms with Crippen molar-refractivity contribution in [3.63, 3.8) is 0 Å². The van der Waals surface area contributed by atoms with Gasteiger partial charge in [0.15, 0.2) is 10.3 Å². The molecule has 2 N–H and O–H groups in total. The van der Waals surface area contributed by atoms with Crippen molar-refractivity contribution in [1.82, 2.24) is 9.97 Å². The number of carbonyl (C=O) groups is 1. The predicted octanol–water partition coefficient (Wildman–Crippen LogP) is 3.60. The summed E-state index contributed by atoms with van der Waals surface area (Å²) in [7, 11) is 0. The van der Waals surface area contributed by atoms with Crippen molar-refractivity contribution in [3.8, 4) is 0 Å². The highest BCUT2D eigenvalue weighted by atomic mass is 32.1. The minimum atomic E-state index is -0.240. The number of thiazole rings is 2. The number of benzene rings is 1. The molecular weight excluding hydrogens is 344 g/mol. The van der Waals surface area contributed by atoms with Crippen LogP contribution in [0.15, 0.2) is 29.6 Å². The Labute approximate surface area is 146 Å². The van der Waals surface area contributed by atoms with Gasteiger partial charge in [0, 0.05) is 18.5 Å². The Morgan fingerprint density at radius 1 is 1.29 bits per heavy atom. The highest BCUT2D eigenvalue weighted by Gasteiger charge is 2.17. The summed E-state index contributed by atoms with van der Waals surface area (Å²) in [5.41, 5.74) is 1.28.